The van der Waals surface area contributed by atoms with E-state index in [4.69, 9.17) is 14.9 Å². The number of halogens is 2. The summed E-state index contributed by atoms with van der Waals surface area (Å²) in [5.74, 6) is -1.44. The number of nitrogens with zero attached hydrogens (tertiary/aromatic N) is 3. The second-order valence-corrected chi connectivity index (χ2v) is 11.8. The van der Waals surface area contributed by atoms with E-state index in [0.717, 1.165) is 24.2 Å². The number of carbonyl (C=O) groups excluding carboxylic acids is 1. The molecule has 2 aliphatic heterocycles. The highest BCUT2D eigenvalue weighted by Crippen LogP contribution is 2.38. The highest BCUT2D eigenvalue weighted by Gasteiger charge is 2.33. The Kier molecular flexibility index (Phi) is 10.8. The third-order valence-corrected chi connectivity index (χ3v) is 8.05. The molecule has 0 aromatic heterocycles. The van der Waals surface area contributed by atoms with Crippen molar-refractivity contribution in [3.63, 3.8) is 0 Å². The maximum absolute atomic E-state index is 15.2. The Balaban J connectivity index is 0.00000484. The first kappa shape index (κ1) is 33.5. The van der Waals surface area contributed by atoms with Crippen LogP contribution < -0.4 is 9.47 Å². The number of amidine groups is 1. The van der Waals surface area contributed by atoms with E-state index in [1.54, 1.807) is 11.0 Å². The Morgan fingerprint density at radius 1 is 1.07 bits per heavy atom. The number of methoxy groups -OCH3 is 2. The molecule has 2 N–H and O–H groups in total. The summed E-state index contributed by atoms with van der Waals surface area (Å²) in [6.07, 6.45) is 0.571. The maximum atomic E-state index is 15.2. The molecule has 2 aromatic rings. The number of ether oxygens (including phenoxy) is 2. The Labute approximate surface area is 257 Å². The molecule has 0 spiro atoms. The number of carboxylic acid groups (broad SMARTS) is 1. The first-order chi connectivity index (χ1) is 19.4. The van der Waals surface area contributed by atoms with Crippen LogP contribution in [-0.2, 0) is 23.3 Å². The van der Waals surface area contributed by atoms with Gasteiger partial charge in [0.1, 0.15) is 11.9 Å². The molecule has 2 heterocycles. The van der Waals surface area contributed by atoms with E-state index in [2.05, 4.69) is 31.7 Å². The van der Waals surface area contributed by atoms with E-state index in [-0.39, 0.29) is 64.2 Å². The van der Waals surface area contributed by atoms with Gasteiger partial charge in [0.2, 0.25) is 0 Å². The van der Waals surface area contributed by atoms with Gasteiger partial charge in [0, 0.05) is 44.8 Å². The number of carbonyl (C=O) groups is 2. The summed E-state index contributed by atoms with van der Waals surface area (Å²) in [6.45, 7) is 11.9. The fourth-order valence-electron chi connectivity index (χ4n) is 5.68. The molecule has 0 radical (unpaired) electrons. The monoisotopic (exact) mass is 648 g/mol. The average molecular weight is 650 g/mol. The lowest BCUT2D eigenvalue weighted by Gasteiger charge is -2.37. The van der Waals surface area contributed by atoms with Crippen molar-refractivity contribution in [3.8, 4) is 11.5 Å². The van der Waals surface area contributed by atoms with E-state index in [0.29, 0.717) is 37.2 Å². The van der Waals surface area contributed by atoms with Gasteiger partial charge in [-0.15, -0.1) is 17.0 Å². The Morgan fingerprint density at radius 2 is 1.74 bits per heavy atom. The summed E-state index contributed by atoms with van der Waals surface area (Å²) in [6, 6.07) is 7.17. The zero-order valence-corrected chi connectivity index (χ0v) is 27.0. The van der Waals surface area contributed by atoms with Crippen LogP contribution in [0.1, 0.15) is 66.7 Å². The molecule has 2 aliphatic rings. The van der Waals surface area contributed by atoms with Gasteiger partial charge in [-0.05, 0) is 46.7 Å². The number of nitrogens with one attached hydrogen (secondary N) is 1. The second-order valence-electron chi connectivity index (χ2n) is 11.8. The van der Waals surface area contributed by atoms with Gasteiger partial charge in [-0.3, -0.25) is 24.8 Å². The van der Waals surface area contributed by atoms with Crippen LogP contribution >= 0.6 is 17.0 Å². The third-order valence-electron chi connectivity index (χ3n) is 8.05. The molecule has 11 heteroatoms. The molecule has 9 nitrogen and oxygen atoms in total. The third kappa shape index (κ3) is 6.95. The molecule has 4 rings (SSSR count). The van der Waals surface area contributed by atoms with Gasteiger partial charge in [-0.25, -0.2) is 4.39 Å². The normalized spacial score (nSPS) is 16.5. The summed E-state index contributed by atoms with van der Waals surface area (Å²) in [7, 11) is 2.79. The van der Waals surface area contributed by atoms with Gasteiger partial charge < -0.3 is 19.5 Å². The predicted octanol–water partition coefficient (Wildman–Crippen LogP) is 4.72. The molecule has 230 valence electrons. The molecule has 0 bridgehead atoms. The van der Waals surface area contributed by atoms with E-state index < -0.39 is 17.8 Å². The van der Waals surface area contributed by atoms with Crippen LogP contribution in [0.2, 0.25) is 0 Å². The summed E-state index contributed by atoms with van der Waals surface area (Å²) in [4.78, 5) is 31.1. The van der Waals surface area contributed by atoms with Crippen molar-refractivity contribution in [1.82, 2.24) is 14.7 Å². The van der Waals surface area contributed by atoms with Crippen LogP contribution in [0.25, 0.3) is 0 Å². The average Bonchev–Trinajstić information content (AvgIpc) is 3.23. The molecule has 0 aliphatic carbocycles. The van der Waals surface area contributed by atoms with Crippen LogP contribution in [0.5, 0.6) is 11.5 Å². The molecule has 1 saturated heterocycles. The number of hydrogen-bond donors (Lipinski definition) is 2. The minimum Gasteiger partial charge on any atom is -0.493 e. The Hall–Kier alpha value is -3.02. The molecule has 42 heavy (non-hydrogen) atoms. The largest absolute Gasteiger partial charge is 0.493 e. The smallest absolute Gasteiger partial charge is 0.320 e. The summed E-state index contributed by atoms with van der Waals surface area (Å²) >= 11 is 0. The molecular weight excluding hydrogens is 607 g/mol. The fraction of sp³-hybridized carbons (Fsp3) is 0.516. The number of ketones is 1. The molecule has 0 amide bonds. The van der Waals surface area contributed by atoms with Crippen molar-refractivity contribution in [1.29, 1.82) is 5.41 Å². The molecular formula is C31H42BrFN4O5. The standard InChI is InChI=1S/C31H41FN4O5.BrH/c1-7-23(30(38)39)35-10-8-34(9-11-35)16-19-12-20(14-22(13-19)31(2,3)4)24(37)18-36-17-21-15-25(40-5)28(41-6)27(32)26(21)29(36)33;/h12-15,23,33H,7-11,16-18H2,1-6H3,(H,38,39);1H. The minimum atomic E-state index is -0.780. The van der Waals surface area contributed by atoms with Crippen LogP contribution in [0.4, 0.5) is 4.39 Å². The Morgan fingerprint density at radius 3 is 2.29 bits per heavy atom. The van der Waals surface area contributed by atoms with Crippen molar-refractivity contribution in [2.45, 2.75) is 58.7 Å². The van der Waals surface area contributed by atoms with Crippen LogP contribution in [0.15, 0.2) is 24.3 Å². The molecule has 1 fully saturated rings. The number of benzene rings is 2. The van der Waals surface area contributed by atoms with E-state index in [1.807, 2.05) is 24.0 Å². The maximum Gasteiger partial charge on any atom is 0.320 e. The van der Waals surface area contributed by atoms with Crippen molar-refractivity contribution < 1.29 is 28.6 Å². The number of rotatable bonds is 10. The minimum absolute atomic E-state index is 0. The fourth-order valence-corrected chi connectivity index (χ4v) is 5.68. The van der Waals surface area contributed by atoms with Crippen LogP contribution in [0, 0.1) is 11.2 Å². The van der Waals surface area contributed by atoms with Gasteiger partial charge in [0.05, 0.1) is 26.3 Å². The number of Topliss-reactive ketones (excluding diaryl/α,β-unsaturated/α-hetero) is 1. The summed E-state index contributed by atoms with van der Waals surface area (Å²) in [5.41, 5.74) is 3.13. The van der Waals surface area contributed by atoms with Gasteiger partial charge in [0.25, 0.3) is 0 Å². The van der Waals surface area contributed by atoms with Crippen molar-refractivity contribution in [2.75, 3.05) is 46.9 Å². The molecule has 2 aromatic carbocycles. The van der Waals surface area contributed by atoms with Gasteiger partial charge in [-0.2, -0.15) is 0 Å². The van der Waals surface area contributed by atoms with Crippen LogP contribution in [-0.4, -0.2) is 90.4 Å². The van der Waals surface area contributed by atoms with E-state index in [9.17, 15) is 14.7 Å². The Bertz CT molecular complexity index is 1340. The van der Waals surface area contributed by atoms with Gasteiger partial charge >= 0.3 is 5.97 Å². The van der Waals surface area contributed by atoms with E-state index >= 15 is 4.39 Å². The van der Waals surface area contributed by atoms with Gasteiger partial charge in [-0.1, -0.05) is 33.8 Å². The van der Waals surface area contributed by atoms with Gasteiger partial charge in [0.15, 0.2) is 23.1 Å². The number of piperazine rings is 1. The molecule has 1 unspecified atom stereocenters. The lowest BCUT2D eigenvalue weighted by atomic mass is 9.84. The highest BCUT2D eigenvalue weighted by atomic mass is 79.9. The quantitative estimate of drug-likeness (QED) is 0.357. The number of aliphatic carboxylic acids is 1. The summed E-state index contributed by atoms with van der Waals surface area (Å²) < 4.78 is 25.6. The summed E-state index contributed by atoms with van der Waals surface area (Å²) in [5, 5.41) is 18.1. The second kappa shape index (κ2) is 13.5. The first-order valence-electron chi connectivity index (χ1n) is 14.0. The lowest BCUT2D eigenvalue weighted by molar-refractivity contribution is -0.144. The number of hydrogen-bond acceptors (Lipinski definition) is 7. The zero-order valence-electron chi connectivity index (χ0n) is 25.3. The highest BCUT2D eigenvalue weighted by molar-refractivity contribution is 8.93. The van der Waals surface area contributed by atoms with Crippen LogP contribution in [0.3, 0.4) is 0 Å². The van der Waals surface area contributed by atoms with Crippen molar-refractivity contribution in [3.05, 3.63) is 57.9 Å². The van der Waals surface area contributed by atoms with Crippen molar-refractivity contribution in [2.24, 2.45) is 0 Å². The number of fused-ring (bicyclic) bond motifs is 1. The SMILES string of the molecule is Br.CCC(C(=O)O)N1CCN(Cc2cc(C(=O)CN3Cc4cc(OC)c(OC)c(F)c4C3=N)cc(C(C)(C)C)c2)CC1. The molecule has 0 saturated carbocycles. The predicted molar refractivity (Wildman–Crippen MR) is 165 cm³/mol. The topological polar surface area (TPSA) is 106 Å². The first-order valence-corrected chi connectivity index (χ1v) is 14.0. The molecule has 1 atom stereocenters. The van der Waals surface area contributed by atoms with Crippen molar-refractivity contribution >= 4 is 34.6 Å². The lowest BCUT2D eigenvalue weighted by Crippen LogP contribution is -2.52. The van der Waals surface area contributed by atoms with E-state index in [1.165, 1.54) is 14.2 Å². The zero-order chi connectivity index (χ0) is 30.1. The number of carboxylic acids is 1.